The number of fused-ring (bicyclic) bond motifs is 5. The van der Waals surface area contributed by atoms with E-state index in [-0.39, 0.29) is 42.9 Å². The molecule has 3 aromatic rings. The number of amides is 1. The molecule has 4 heterocycles. The second-order valence-electron chi connectivity index (χ2n) is 8.41. The molecule has 0 saturated carbocycles. The molecule has 1 aromatic carbocycles. The van der Waals surface area contributed by atoms with Crippen LogP contribution in [-0.2, 0) is 42.6 Å². The Morgan fingerprint density at radius 2 is 2.00 bits per heavy atom. The van der Waals surface area contributed by atoms with Crippen molar-refractivity contribution in [2.45, 2.75) is 44.9 Å². The Hall–Kier alpha value is -4.01. The van der Waals surface area contributed by atoms with Gasteiger partial charge in [-0.25, -0.2) is 9.78 Å². The molecule has 34 heavy (non-hydrogen) atoms. The number of hydrogen-bond acceptors (Lipinski definition) is 7. The zero-order valence-corrected chi connectivity index (χ0v) is 18.8. The minimum absolute atomic E-state index is 0.0748. The average molecular weight is 461 g/mol. The standard InChI is InChI=1S/C25H23N3O6/c1-3-25(34-21(30)9-8-20(29)26-2)17-11-19-22-15(10-14-6-4-5-7-18(14)27-22)12-28(19)23(31)16(17)13-33-24(25)32/h4-7,10-11H,3,8-9,12-13H2,1-2H3,(H,26,29)/t25-/m0/s1. The number of carbonyl (C=O) groups is 3. The van der Waals surface area contributed by atoms with Gasteiger partial charge >= 0.3 is 11.9 Å². The molecule has 2 aliphatic rings. The van der Waals surface area contributed by atoms with Gasteiger partial charge in [0.2, 0.25) is 11.5 Å². The van der Waals surface area contributed by atoms with E-state index < -0.39 is 17.5 Å². The van der Waals surface area contributed by atoms with E-state index in [9.17, 15) is 19.2 Å². The van der Waals surface area contributed by atoms with Crippen LogP contribution < -0.4 is 10.9 Å². The summed E-state index contributed by atoms with van der Waals surface area (Å²) in [5, 5.41) is 3.41. The number of aromatic nitrogens is 2. The molecule has 2 aromatic heterocycles. The summed E-state index contributed by atoms with van der Waals surface area (Å²) in [4.78, 5) is 55.4. The quantitative estimate of drug-likeness (QED) is 0.453. The first-order chi connectivity index (χ1) is 16.4. The first-order valence-corrected chi connectivity index (χ1v) is 11.1. The Morgan fingerprint density at radius 3 is 2.76 bits per heavy atom. The molecule has 0 aliphatic carbocycles. The predicted molar refractivity (Wildman–Crippen MR) is 122 cm³/mol. The number of esters is 2. The van der Waals surface area contributed by atoms with E-state index in [1.807, 2.05) is 30.3 Å². The normalized spacial score (nSPS) is 18.0. The number of pyridine rings is 2. The molecule has 9 nitrogen and oxygen atoms in total. The summed E-state index contributed by atoms with van der Waals surface area (Å²) < 4.78 is 12.6. The van der Waals surface area contributed by atoms with Crippen LogP contribution in [0.15, 0.2) is 41.2 Å². The van der Waals surface area contributed by atoms with Gasteiger partial charge < -0.3 is 19.4 Å². The Labute approximate surface area is 194 Å². The molecule has 0 bridgehead atoms. The Morgan fingerprint density at radius 1 is 1.21 bits per heavy atom. The maximum Gasteiger partial charge on any atom is 0.355 e. The van der Waals surface area contributed by atoms with E-state index in [2.05, 4.69) is 5.32 Å². The first kappa shape index (κ1) is 21.8. The van der Waals surface area contributed by atoms with Gasteiger partial charge in [0.25, 0.3) is 5.56 Å². The van der Waals surface area contributed by atoms with Gasteiger partial charge in [0.15, 0.2) is 0 Å². The van der Waals surface area contributed by atoms with E-state index in [1.165, 1.54) is 7.05 Å². The molecule has 0 fully saturated rings. The van der Waals surface area contributed by atoms with Crippen molar-refractivity contribution in [1.29, 1.82) is 0 Å². The van der Waals surface area contributed by atoms with Gasteiger partial charge in [0.05, 0.1) is 35.4 Å². The fourth-order valence-corrected chi connectivity index (χ4v) is 4.67. The van der Waals surface area contributed by atoms with E-state index >= 15 is 0 Å². The van der Waals surface area contributed by atoms with Gasteiger partial charge in [0, 0.05) is 30.0 Å². The van der Waals surface area contributed by atoms with E-state index in [4.69, 9.17) is 14.5 Å². The number of ether oxygens (including phenoxy) is 2. The number of nitrogens with one attached hydrogen (secondary N) is 1. The lowest BCUT2D eigenvalue weighted by molar-refractivity contribution is -0.189. The maximum atomic E-state index is 13.5. The highest BCUT2D eigenvalue weighted by Crippen LogP contribution is 2.41. The minimum Gasteiger partial charge on any atom is -0.457 e. The second kappa shape index (κ2) is 8.09. The van der Waals surface area contributed by atoms with Crippen molar-refractivity contribution in [3.8, 4) is 11.4 Å². The summed E-state index contributed by atoms with van der Waals surface area (Å²) in [7, 11) is 1.47. The molecule has 0 unspecified atom stereocenters. The van der Waals surface area contributed by atoms with Crippen LogP contribution in [0.4, 0.5) is 0 Å². The monoisotopic (exact) mass is 461 g/mol. The highest BCUT2D eigenvalue weighted by molar-refractivity contribution is 5.89. The summed E-state index contributed by atoms with van der Waals surface area (Å²) in [6.45, 7) is 1.84. The summed E-state index contributed by atoms with van der Waals surface area (Å²) in [6, 6.07) is 11.4. The van der Waals surface area contributed by atoms with Crippen LogP contribution in [0.1, 0.15) is 42.9 Å². The molecule has 1 atom stereocenters. The predicted octanol–water partition coefficient (Wildman–Crippen LogP) is 2.16. The van der Waals surface area contributed by atoms with Crippen LogP contribution in [-0.4, -0.2) is 34.4 Å². The van der Waals surface area contributed by atoms with Crippen molar-refractivity contribution >= 4 is 28.7 Å². The van der Waals surface area contributed by atoms with Gasteiger partial charge in [0.1, 0.15) is 6.61 Å². The van der Waals surface area contributed by atoms with Crippen LogP contribution in [0.3, 0.4) is 0 Å². The largest absolute Gasteiger partial charge is 0.457 e. The molecule has 0 radical (unpaired) electrons. The van der Waals surface area contributed by atoms with Crippen LogP contribution in [0.25, 0.3) is 22.3 Å². The SMILES string of the molecule is CC[C@@]1(OC(=O)CCC(=O)NC)C(=O)OCc2c1cc1n(c2=O)Cc2cc3ccccc3nc2-1. The fourth-order valence-electron chi connectivity index (χ4n) is 4.67. The zero-order chi connectivity index (χ0) is 24.0. The van der Waals surface area contributed by atoms with Crippen LogP contribution in [0, 0.1) is 0 Å². The van der Waals surface area contributed by atoms with Gasteiger partial charge in [-0.3, -0.25) is 14.4 Å². The van der Waals surface area contributed by atoms with Gasteiger partial charge in [-0.1, -0.05) is 25.1 Å². The highest BCUT2D eigenvalue weighted by atomic mass is 16.6. The van der Waals surface area contributed by atoms with Crippen molar-refractivity contribution < 1.29 is 23.9 Å². The number of rotatable bonds is 5. The Kier molecular flexibility index (Phi) is 5.19. The molecule has 0 saturated heterocycles. The van der Waals surface area contributed by atoms with Gasteiger partial charge in [-0.05, 0) is 24.6 Å². The number of carbonyl (C=O) groups excluding carboxylic acids is 3. The van der Waals surface area contributed by atoms with Crippen LogP contribution >= 0.6 is 0 Å². The minimum atomic E-state index is -1.76. The van der Waals surface area contributed by atoms with Gasteiger partial charge in [-0.15, -0.1) is 0 Å². The van der Waals surface area contributed by atoms with Crippen molar-refractivity contribution in [1.82, 2.24) is 14.9 Å². The van der Waals surface area contributed by atoms with Crippen molar-refractivity contribution in [2.75, 3.05) is 7.05 Å². The van der Waals surface area contributed by atoms with Gasteiger partial charge in [-0.2, -0.15) is 0 Å². The van der Waals surface area contributed by atoms with Crippen LogP contribution in [0.2, 0.25) is 0 Å². The van der Waals surface area contributed by atoms with Crippen molar-refractivity contribution in [3.05, 3.63) is 63.4 Å². The fraction of sp³-hybridized carbons (Fsp3) is 0.320. The lowest BCUT2D eigenvalue weighted by Crippen LogP contribution is -2.47. The maximum absolute atomic E-state index is 13.5. The molecule has 2 aliphatic heterocycles. The first-order valence-electron chi connectivity index (χ1n) is 11.1. The lowest BCUT2D eigenvalue weighted by atomic mass is 9.85. The summed E-state index contributed by atoms with van der Waals surface area (Å²) in [5.74, 6) is -1.77. The summed E-state index contributed by atoms with van der Waals surface area (Å²) in [6.07, 6.45) is -0.204. The Balaban J connectivity index is 1.62. The van der Waals surface area contributed by atoms with Crippen molar-refractivity contribution in [3.63, 3.8) is 0 Å². The molecule has 174 valence electrons. The second-order valence-corrected chi connectivity index (χ2v) is 8.41. The third-order valence-electron chi connectivity index (χ3n) is 6.51. The van der Waals surface area contributed by atoms with E-state index in [0.29, 0.717) is 23.5 Å². The number of para-hydroxylation sites is 1. The highest BCUT2D eigenvalue weighted by Gasteiger charge is 2.50. The third kappa shape index (κ3) is 3.27. The molecule has 5 rings (SSSR count). The summed E-state index contributed by atoms with van der Waals surface area (Å²) in [5.41, 5.74) is 1.45. The molecule has 1 amide bonds. The van der Waals surface area contributed by atoms with Crippen LogP contribution in [0.5, 0.6) is 0 Å². The Bertz CT molecular complexity index is 1430. The average Bonchev–Trinajstić information content (AvgIpc) is 3.20. The van der Waals surface area contributed by atoms with E-state index in [1.54, 1.807) is 17.6 Å². The lowest BCUT2D eigenvalue weighted by Gasteiger charge is -2.35. The molecular formula is C25H23N3O6. The van der Waals surface area contributed by atoms with E-state index in [0.717, 1.165) is 16.5 Å². The smallest absolute Gasteiger partial charge is 0.355 e. The topological polar surface area (TPSA) is 117 Å². The van der Waals surface area contributed by atoms with Crippen molar-refractivity contribution in [2.24, 2.45) is 0 Å². The number of nitrogens with zero attached hydrogens (tertiary/aromatic N) is 2. The number of benzene rings is 1. The molecule has 1 N–H and O–H groups in total. The molecular weight excluding hydrogens is 438 g/mol. The molecule has 0 spiro atoms. The summed E-state index contributed by atoms with van der Waals surface area (Å²) >= 11 is 0. The molecule has 9 heteroatoms. The number of cyclic esters (lactones) is 1. The third-order valence-corrected chi connectivity index (χ3v) is 6.51. The zero-order valence-electron chi connectivity index (χ0n) is 18.8. The number of hydrogen-bond donors (Lipinski definition) is 1.